The van der Waals surface area contributed by atoms with Crippen molar-refractivity contribution in [2.24, 2.45) is 0 Å². The zero-order valence-electron chi connectivity index (χ0n) is 10.3. The lowest BCUT2D eigenvalue weighted by Gasteiger charge is -2.08. The zero-order valence-corrected chi connectivity index (χ0v) is 10.3. The SMILES string of the molecule is CCc1cc(Oc2cc(C)c(N)cc2F)ncn1. The van der Waals surface area contributed by atoms with Gasteiger partial charge in [0.2, 0.25) is 5.88 Å². The van der Waals surface area contributed by atoms with Gasteiger partial charge >= 0.3 is 0 Å². The largest absolute Gasteiger partial charge is 0.436 e. The number of hydrogen-bond acceptors (Lipinski definition) is 4. The predicted octanol–water partition coefficient (Wildman–Crippen LogP) is 2.86. The van der Waals surface area contributed by atoms with Crippen LogP contribution in [0.1, 0.15) is 18.2 Å². The molecular formula is C13H14FN3O. The molecule has 1 aromatic carbocycles. The van der Waals surface area contributed by atoms with Crippen LogP contribution >= 0.6 is 0 Å². The molecule has 0 fully saturated rings. The van der Waals surface area contributed by atoms with Gasteiger partial charge in [0.05, 0.1) is 0 Å². The van der Waals surface area contributed by atoms with E-state index in [2.05, 4.69) is 9.97 Å². The third-order valence-electron chi connectivity index (χ3n) is 2.60. The molecule has 0 unspecified atom stereocenters. The normalized spacial score (nSPS) is 10.4. The lowest BCUT2D eigenvalue weighted by atomic mass is 10.2. The van der Waals surface area contributed by atoms with Crippen molar-refractivity contribution in [1.29, 1.82) is 0 Å². The number of benzene rings is 1. The second kappa shape index (κ2) is 5.00. The molecule has 2 rings (SSSR count). The Kier molecular flexibility index (Phi) is 3.41. The Morgan fingerprint density at radius 3 is 2.78 bits per heavy atom. The highest BCUT2D eigenvalue weighted by Gasteiger charge is 2.09. The lowest BCUT2D eigenvalue weighted by Crippen LogP contribution is -1.97. The summed E-state index contributed by atoms with van der Waals surface area (Å²) in [6.07, 6.45) is 2.17. The van der Waals surface area contributed by atoms with Crippen molar-refractivity contribution in [3.05, 3.63) is 41.6 Å². The minimum absolute atomic E-state index is 0.113. The van der Waals surface area contributed by atoms with Crippen molar-refractivity contribution >= 4 is 5.69 Å². The van der Waals surface area contributed by atoms with Crippen LogP contribution in [0.5, 0.6) is 11.6 Å². The average molecular weight is 247 g/mol. The van der Waals surface area contributed by atoms with Gasteiger partial charge in [-0.1, -0.05) is 6.92 Å². The summed E-state index contributed by atoms with van der Waals surface area (Å²) < 4.78 is 19.1. The van der Waals surface area contributed by atoms with Gasteiger partial charge < -0.3 is 10.5 Å². The second-order valence-electron chi connectivity index (χ2n) is 3.94. The van der Waals surface area contributed by atoms with Crippen LogP contribution in [0.25, 0.3) is 0 Å². The van der Waals surface area contributed by atoms with E-state index in [0.717, 1.165) is 17.7 Å². The van der Waals surface area contributed by atoms with Crippen LogP contribution in [-0.4, -0.2) is 9.97 Å². The number of aryl methyl sites for hydroxylation is 2. The first-order valence-corrected chi connectivity index (χ1v) is 5.64. The molecule has 2 N–H and O–H groups in total. The first-order chi connectivity index (χ1) is 8.60. The Balaban J connectivity index is 2.30. The Morgan fingerprint density at radius 1 is 1.28 bits per heavy atom. The summed E-state index contributed by atoms with van der Waals surface area (Å²) in [7, 11) is 0. The lowest BCUT2D eigenvalue weighted by molar-refractivity contribution is 0.425. The predicted molar refractivity (Wildman–Crippen MR) is 67.0 cm³/mol. The highest BCUT2D eigenvalue weighted by atomic mass is 19.1. The number of nitrogens with two attached hydrogens (primary N) is 1. The maximum atomic E-state index is 13.7. The minimum atomic E-state index is -0.505. The number of aromatic nitrogens is 2. The Hall–Kier alpha value is -2.17. The fourth-order valence-corrected chi connectivity index (χ4v) is 1.49. The maximum absolute atomic E-state index is 13.7. The summed E-state index contributed by atoms with van der Waals surface area (Å²) >= 11 is 0. The smallest absolute Gasteiger partial charge is 0.222 e. The summed E-state index contributed by atoms with van der Waals surface area (Å²) in [6.45, 7) is 3.76. The van der Waals surface area contributed by atoms with Gasteiger partial charge in [0.15, 0.2) is 11.6 Å². The van der Waals surface area contributed by atoms with Gasteiger partial charge in [0, 0.05) is 23.5 Å². The third-order valence-corrected chi connectivity index (χ3v) is 2.60. The first-order valence-electron chi connectivity index (χ1n) is 5.64. The molecule has 0 bridgehead atoms. The molecule has 18 heavy (non-hydrogen) atoms. The average Bonchev–Trinajstić information content (AvgIpc) is 2.36. The minimum Gasteiger partial charge on any atom is -0.436 e. The molecule has 0 amide bonds. The van der Waals surface area contributed by atoms with Crippen molar-refractivity contribution in [1.82, 2.24) is 9.97 Å². The molecule has 0 aliphatic heterocycles. The number of anilines is 1. The van der Waals surface area contributed by atoms with E-state index in [1.165, 1.54) is 12.4 Å². The van der Waals surface area contributed by atoms with E-state index in [0.29, 0.717) is 11.6 Å². The quantitative estimate of drug-likeness (QED) is 0.847. The Labute approximate surface area is 105 Å². The molecule has 0 atom stereocenters. The molecule has 94 valence electrons. The number of hydrogen-bond donors (Lipinski definition) is 1. The topological polar surface area (TPSA) is 61.0 Å². The van der Waals surface area contributed by atoms with E-state index in [1.807, 2.05) is 6.92 Å². The van der Waals surface area contributed by atoms with Crippen molar-refractivity contribution in [2.45, 2.75) is 20.3 Å². The fourth-order valence-electron chi connectivity index (χ4n) is 1.49. The van der Waals surface area contributed by atoms with E-state index in [1.54, 1.807) is 19.1 Å². The van der Waals surface area contributed by atoms with Gasteiger partial charge in [-0.3, -0.25) is 0 Å². The van der Waals surface area contributed by atoms with Gasteiger partial charge in [-0.25, -0.2) is 14.4 Å². The maximum Gasteiger partial charge on any atom is 0.222 e. The molecule has 1 heterocycles. The molecule has 1 aromatic heterocycles. The van der Waals surface area contributed by atoms with Gasteiger partial charge in [-0.2, -0.15) is 0 Å². The molecule has 0 radical (unpaired) electrons. The van der Waals surface area contributed by atoms with E-state index in [9.17, 15) is 4.39 Å². The van der Waals surface area contributed by atoms with Gasteiger partial charge in [0.1, 0.15) is 6.33 Å². The monoisotopic (exact) mass is 247 g/mol. The highest BCUT2D eigenvalue weighted by Crippen LogP contribution is 2.27. The van der Waals surface area contributed by atoms with Gasteiger partial charge in [-0.15, -0.1) is 0 Å². The van der Waals surface area contributed by atoms with Crippen molar-refractivity contribution in [2.75, 3.05) is 5.73 Å². The summed E-state index contributed by atoms with van der Waals surface area (Å²) in [6, 6.07) is 4.48. The molecule has 0 saturated carbocycles. The zero-order chi connectivity index (χ0) is 13.1. The Morgan fingerprint density at radius 2 is 2.06 bits per heavy atom. The number of nitrogen functional groups attached to an aromatic ring is 1. The molecule has 0 aliphatic carbocycles. The molecule has 0 aliphatic rings. The van der Waals surface area contributed by atoms with Crippen LogP contribution in [0, 0.1) is 12.7 Å². The molecule has 5 heteroatoms. The van der Waals surface area contributed by atoms with Crippen LogP contribution in [0.3, 0.4) is 0 Å². The number of ether oxygens (including phenoxy) is 1. The molecule has 4 nitrogen and oxygen atoms in total. The molecule has 0 spiro atoms. The van der Waals surface area contributed by atoms with Crippen LogP contribution in [-0.2, 0) is 6.42 Å². The fraction of sp³-hybridized carbons (Fsp3) is 0.231. The van der Waals surface area contributed by atoms with E-state index in [-0.39, 0.29) is 5.75 Å². The van der Waals surface area contributed by atoms with E-state index < -0.39 is 5.82 Å². The second-order valence-corrected chi connectivity index (χ2v) is 3.94. The number of halogens is 1. The Bertz CT molecular complexity index is 572. The van der Waals surface area contributed by atoms with Gasteiger partial charge in [0.25, 0.3) is 0 Å². The first kappa shape index (κ1) is 12.3. The van der Waals surface area contributed by atoms with Crippen LogP contribution in [0.15, 0.2) is 24.5 Å². The van der Waals surface area contributed by atoms with Crippen molar-refractivity contribution in [3.63, 3.8) is 0 Å². The number of rotatable bonds is 3. The molecule has 2 aromatic rings. The van der Waals surface area contributed by atoms with E-state index >= 15 is 0 Å². The highest BCUT2D eigenvalue weighted by molar-refractivity contribution is 5.51. The van der Waals surface area contributed by atoms with Crippen LogP contribution in [0.2, 0.25) is 0 Å². The van der Waals surface area contributed by atoms with Crippen molar-refractivity contribution in [3.8, 4) is 11.6 Å². The summed E-state index contributed by atoms with van der Waals surface area (Å²) in [5, 5.41) is 0. The summed E-state index contributed by atoms with van der Waals surface area (Å²) in [5.41, 5.74) is 7.61. The summed E-state index contributed by atoms with van der Waals surface area (Å²) in [5.74, 6) is -0.0675. The standard InChI is InChI=1S/C13H14FN3O/c1-3-9-5-13(17-7-16-9)18-12-4-8(2)11(15)6-10(12)14/h4-7H,3,15H2,1-2H3. The summed E-state index contributed by atoms with van der Waals surface area (Å²) in [4.78, 5) is 7.99. The third kappa shape index (κ3) is 2.56. The van der Waals surface area contributed by atoms with Gasteiger partial charge in [-0.05, 0) is 25.0 Å². The van der Waals surface area contributed by atoms with E-state index in [4.69, 9.17) is 10.5 Å². The van der Waals surface area contributed by atoms with Crippen molar-refractivity contribution < 1.29 is 9.13 Å². The van der Waals surface area contributed by atoms with Crippen LogP contribution in [0.4, 0.5) is 10.1 Å². The molecular weight excluding hydrogens is 233 g/mol. The number of nitrogens with zero attached hydrogens (tertiary/aromatic N) is 2. The molecule has 0 saturated heterocycles. The van der Waals surface area contributed by atoms with Crippen LogP contribution < -0.4 is 10.5 Å².